The Morgan fingerprint density at radius 1 is 0.975 bits per heavy atom. The zero-order chi connectivity index (χ0) is 27.9. The molecule has 1 amide bonds. The summed E-state index contributed by atoms with van der Waals surface area (Å²) < 4.78 is 12.1. The van der Waals surface area contributed by atoms with Crippen LogP contribution in [0.5, 0.6) is 17.4 Å². The number of benzene rings is 2. The third-order valence-corrected chi connectivity index (χ3v) is 7.33. The van der Waals surface area contributed by atoms with Gasteiger partial charge in [0.15, 0.2) is 0 Å². The summed E-state index contributed by atoms with van der Waals surface area (Å²) in [5.41, 5.74) is 4.52. The van der Waals surface area contributed by atoms with Gasteiger partial charge < -0.3 is 35.2 Å². The first-order valence-corrected chi connectivity index (χ1v) is 13.9. The Morgan fingerprint density at radius 3 is 2.52 bits per heavy atom. The summed E-state index contributed by atoms with van der Waals surface area (Å²) in [6.07, 6.45) is 4.76. The van der Waals surface area contributed by atoms with Crippen molar-refractivity contribution in [3.63, 3.8) is 0 Å². The average Bonchev–Trinajstić information content (AvgIpc) is 3.00. The summed E-state index contributed by atoms with van der Waals surface area (Å²) in [6, 6.07) is 15.9. The summed E-state index contributed by atoms with van der Waals surface area (Å²) in [4.78, 5) is 21.5. The van der Waals surface area contributed by atoms with Crippen LogP contribution in [0.15, 0.2) is 61.2 Å². The summed E-state index contributed by atoms with van der Waals surface area (Å²) in [5, 5.41) is 9.67. The third-order valence-electron chi connectivity index (χ3n) is 7.33. The van der Waals surface area contributed by atoms with Crippen LogP contribution < -0.4 is 35.2 Å². The maximum absolute atomic E-state index is 11.9. The molecule has 9 nitrogen and oxygen atoms in total. The smallest absolute Gasteiger partial charge is 0.247 e. The molecule has 1 aromatic heterocycles. The lowest BCUT2D eigenvalue weighted by molar-refractivity contribution is -0.111. The number of pyridine rings is 1. The minimum absolute atomic E-state index is 0.268. The maximum Gasteiger partial charge on any atom is 0.247 e. The predicted molar refractivity (Wildman–Crippen MR) is 162 cm³/mol. The molecule has 2 aromatic carbocycles. The summed E-state index contributed by atoms with van der Waals surface area (Å²) >= 11 is 0. The lowest BCUT2D eigenvalue weighted by Crippen LogP contribution is -2.43. The number of nitrogens with one attached hydrogen (secondary N) is 3. The van der Waals surface area contributed by atoms with Gasteiger partial charge in [-0.1, -0.05) is 12.6 Å². The van der Waals surface area contributed by atoms with Crippen molar-refractivity contribution in [2.24, 2.45) is 0 Å². The zero-order valence-corrected chi connectivity index (χ0v) is 23.3. The van der Waals surface area contributed by atoms with Crippen LogP contribution in [0.4, 0.5) is 28.6 Å². The van der Waals surface area contributed by atoms with Gasteiger partial charge in [0.2, 0.25) is 11.8 Å². The minimum atomic E-state index is -0.268. The molecule has 2 saturated heterocycles. The van der Waals surface area contributed by atoms with Crippen LogP contribution in [0.25, 0.3) is 0 Å². The molecule has 0 atom stereocenters. The third kappa shape index (κ3) is 6.48. The molecule has 0 radical (unpaired) electrons. The molecule has 2 aliphatic heterocycles. The number of hydrogen-bond donors (Lipinski definition) is 3. The first-order chi connectivity index (χ1) is 19.5. The van der Waals surface area contributed by atoms with Crippen molar-refractivity contribution in [1.82, 2.24) is 10.3 Å². The number of nitrogens with zero attached hydrogens (tertiary/aromatic N) is 3. The highest BCUT2D eigenvalue weighted by Gasteiger charge is 2.19. The average molecular weight is 543 g/mol. The minimum Gasteiger partial charge on any atom is -0.494 e. The van der Waals surface area contributed by atoms with Crippen LogP contribution in [0, 0.1) is 6.92 Å². The number of carbonyl (C=O) groups is 1. The Morgan fingerprint density at radius 2 is 1.77 bits per heavy atom. The Bertz CT molecular complexity index is 1350. The number of hydrogen-bond acceptors (Lipinski definition) is 8. The zero-order valence-electron chi connectivity index (χ0n) is 23.3. The van der Waals surface area contributed by atoms with Crippen molar-refractivity contribution in [3.8, 4) is 17.4 Å². The van der Waals surface area contributed by atoms with Gasteiger partial charge in [-0.15, -0.1) is 0 Å². The van der Waals surface area contributed by atoms with Crippen LogP contribution >= 0.6 is 0 Å². The highest BCUT2D eigenvalue weighted by Crippen LogP contribution is 2.37. The van der Waals surface area contributed by atoms with Gasteiger partial charge in [0.25, 0.3) is 0 Å². The molecule has 9 heteroatoms. The number of carbonyl (C=O) groups excluding carboxylic acids is 1. The number of aromatic nitrogens is 1. The molecule has 2 fully saturated rings. The van der Waals surface area contributed by atoms with E-state index in [1.807, 2.05) is 37.3 Å². The van der Waals surface area contributed by atoms with E-state index in [0.717, 1.165) is 80.5 Å². The van der Waals surface area contributed by atoms with Crippen LogP contribution in [0.2, 0.25) is 0 Å². The molecule has 0 unspecified atom stereocenters. The van der Waals surface area contributed by atoms with Crippen LogP contribution in [0.1, 0.15) is 24.8 Å². The van der Waals surface area contributed by atoms with E-state index in [1.165, 1.54) is 12.5 Å². The van der Waals surface area contributed by atoms with Crippen LogP contribution in [0.3, 0.4) is 0 Å². The maximum atomic E-state index is 11.9. The number of piperidine rings is 1. The number of methoxy groups -OCH3 is 1. The summed E-state index contributed by atoms with van der Waals surface area (Å²) in [5.74, 6) is 2.23. The largest absolute Gasteiger partial charge is 0.494 e. The fourth-order valence-electron chi connectivity index (χ4n) is 5.09. The second-order valence-corrected chi connectivity index (χ2v) is 10.1. The summed E-state index contributed by atoms with van der Waals surface area (Å²) in [7, 11) is 1.68. The van der Waals surface area contributed by atoms with E-state index in [1.54, 1.807) is 7.11 Å². The van der Waals surface area contributed by atoms with Crippen molar-refractivity contribution < 1.29 is 14.3 Å². The van der Waals surface area contributed by atoms with E-state index >= 15 is 0 Å². The van der Waals surface area contributed by atoms with Crippen LogP contribution in [-0.4, -0.2) is 57.3 Å². The van der Waals surface area contributed by atoms with Gasteiger partial charge in [0, 0.05) is 62.8 Å². The van der Waals surface area contributed by atoms with E-state index in [0.29, 0.717) is 23.1 Å². The van der Waals surface area contributed by atoms with Gasteiger partial charge >= 0.3 is 0 Å². The lowest BCUT2D eigenvalue weighted by Gasteiger charge is -2.30. The molecule has 3 N–H and O–H groups in total. The molecular weight excluding hydrogens is 504 g/mol. The molecule has 40 heavy (non-hydrogen) atoms. The van der Waals surface area contributed by atoms with Gasteiger partial charge in [-0.25, -0.2) is 0 Å². The predicted octanol–water partition coefficient (Wildman–Crippen LogP) is 5.46. The molecule has 3 heterocycles. The van der Waals surface area contributed by atoms with Crippen molar-refractivity contribution in [2.75, 3.05) is 66.8 Å². The van der Waals surface area contributed by atoms with Gasteiger partial charge in [0.05, 0.1) is 12.8 Å². The van der Waals surface area contributed by atoms with Gasteiger partial charge in [0.1, 0.15) is 23.0 Å². The molecule has 0 spiro atoms. The first-order valence-electron chi connectivity index (χ1n) is 13.9. The SMILES string of the molecule is C=CC(=O)Nc1cc(Oc2nc(Nc3ccc(N4CCNCC4)cc3OC)ccc2N2CCCCC2)ccc1C. The van der Waals surface area contributed by atoms with Crippen molar-refractivity contribution >= 4 is 34.5 Å². The Kier molecular flexibility index (Phi) is 8.71. The number of aryl methyl sites for hydroxylation is 1. The number of amides is 1. The van der Waals surface area contributed by atoms with E-state index in [9.17, 15) is 4.79 Å². The highest BCUT2D eigenvalue weighted by atomic mass is 16.5. The van der Waals surface area contributed by atoms with E-state index in [2.05, 4.69) is 50.5 Å². The quantitative estimate of drug-likeness (QED) is 0.307. The van der Waals surface area contributed by atoms with Crippen molar-refractivity contribution in [3.05, 3.63) is 66.7 Å². The molecule has 2 aliphatic rings. The van der Waals surface area contributed by atoms with Gasteiger partial charge in [-0.2, -0.15) is 4.98 Å². The second kappa shape index (κ2) is 12.7. The van der Waals surface area contributed by atoms with Gasteiger partial charge in [-0.05, 0) is 68.2 Å². The van der Waals surface area contributed by atoms with E-state index < -0.39 is 0 Å². The monoisotopic (exact) mass is 542 g/mol. The van der Waals surface area contributed by atoms with E-state index in [-0.39, 0.29) is 5.91 Å². The Hall–Kier alpha value is -4.24. The van der Waals surface area contributed by atoms with Crippen molar-refractivity contribution in [1.29, 1.82) is 0 Å². The molecule has 0 saturated carbocycles. The van der Waals surface area contributed by atoms with E-state index in [4.69, 9.17) is 14.5 Å². The number of piperazine rings is 1. The lowest BCUT2D eigenvalue weighted by atomic mass is 10.1. The normalized spacial score (nSPS) is 15.3. The Labute approximate surface area is 236 Å². The fraction of sp³-hybridized carbons (Fsp3) is 0.355. The second-order valence-electron chi connectivity index (χ2n) is 10.1. The molecule has 3 aromatic rings. The molecule has 5 rings (SSSR count). The summed E-state index contributed by atoms with van der Waals surface area (Å²) in [6.45, 7) is 11.3. The topological polar surface area (TPSA) is 91.0 Å². The van der Waals surface area contributed by atoms with Gasteiger partial charge in [-0.3, -0.25) is 4.79 Å². The number of ether oxygens (including phenoxy) is 2. The molecule has 0 aliphatic carbocycles. The van der Waals surface area contributed by atoms with Crippen LogP contribution in [-0.2, 0) is 4.79 Å². The first kappa shape index (κ1) is 27.3. The fourth-order valence-corrected chi connectivity index (χ4v) is 5.09. The molecular formula is C31H38N6O3. The molecule has 210 valence electrons. The highest BCUT2D eigenvalue weighted by molar-refractivity contribution is 5.99. The number of rotatable bonds is 9. The molecule has 0 bridgehead atoms. The number of anilines is 5. The van der Waals surface area contributed by atoms with Crippen molar-refractivity contribution in [2.45, 2.75) is 26.2 Å². The Balaban J connectivity index is 1.43. The standard InChI is InChI=1S/C31H38N6O3/c1-4-30(38)34-26-21-24(10-8-22(26)2)40-31-27(37-16-6-5-7-17-37)12-13-29(35-31)33-25-11-9-23(20-28(25)39-3)36-18-14-32-15-19-36/h4,8-13,20-21,32H,1,5-7,14-19H2,2-3H3,(H,33,35)(H,34,38).